The number of para-hydroxylation sites is 1. The van der Waals surface area contributed by atoms with Gasteiger partial charge in [-0.1, -0.05) is 23.5 Å². The number of anilines is 2. The van der Waals surface area contributed by atoms with E-state index in [-0.39, 0.29) is 11.2 Å². The first-order valence-electron chi connectivity index (χ1n) is 5.51. The molecule has 4 nitrogen and oxygen atoms in total. The predicted octanol–water partition coefficient (Wildman–Crippen LogP) is 2.93. The molecule has 6 heteroatoms. The summed E-state index contributed by atoms with van der Waals surface area (Å²) in [5.74, 6) is -0.398. The maximum Gasteiger partial charge on any atom is 0.282 e. The Bertz CT molecular complexity index is 803. The summed E-state index contributed by atoms with van der Waals surface area (Å²) in [6.45, 7) is 0. The third kappa shape index (κ3) is 2.30. The Morgan fingerprint density at radius 3 is 2.84 bits per heavy atom. The van der Waals surface area contributed by atoms with Gasteiger partial charge in [-0.05, 0) is 24.3 Å². The molecule has 0 saturated heterocycles. The summed E-state index contributed by atoms with van der Waals surface area (Å²) in [4.78, 5) is 20.4. The number of fused-ring (bicyclic) bond motifs is 1. The van der Waals surface area contributed by atoms with E-state index >= 15 is 0 Å². The van der Waals surface area contributed by atoms with Crippen molar-refractivity contribution in [3.05, 3.63) is 58.8 Å². The Kier molecular flexibility index (Phi) is 2.92. The molecule has 1 N–H and O–H groups in total. The molecule has 0 unspecified atom stereocenters. The third-order valence-electron chi connectivity index (χ3n) is 2.51. The van der Waals surface area contributed by atoms with Gasteiger partial charge in [0.05, 0.1) is 11.1 Å². The largest absolute Gasteiger partial charge is 0.329 e. The fourth-order valence-corrected chi connectivity index (χ4v) is 2.48. The molecule has 3 aromatic rings. The highest BCUT2D eigenvalue weighted by atomic mass is 32.1. The van der Waals surface area contributed by atoms with Crippen molar-refractivity contribution in [3.63, 3.8) is 0 Å². The van der Waals surface area contributed by atoms with Crippen molar-refractivity contribution in [3.8, 4) is 0 Å². The molecule has 0 atom stereocenters. The van der Waals surface area contributed by atoms with Crippen LogP contribution in [0, 0.1) is 5.82 Å². The minimum atomic E-state index is -0.398. The van der Waals surface area contributed by atoms with Crippen LogP contribution in [0.2, 0.25) is 0 Å². The second-order valence-electron chi connectivity index (χ2n) is 3.79. The molecule has 0 aliphatic heterocycles. The van der Waals surface area contributed by atoms with E-state index in [1.165, 1.54) is 17.4 Å². The number of halogens is 1. The molecule has 0 radical (unpaired) electrons. The summed E-state index contributed by atoms with van der Waals surface area (Å²) in [6.07, 6.45) is 1.60. The highest BCUT2D eigenvalue weighted by Gasteiger charge is 2.07. The van der Waals surface area contributed by atoms with Crippen molar-refractivity contribution in [2.24, 2.45) is 0 Å². The van der Waals surface area contributed by atoms with Crippen molar-refractivity contribution in [1.29, 1.82) is 0 Å². The van der Waals surface area contributed by atoms with Crippen LogP contribution in [0.15, 0.2) is 47.4 Å². The first-order chi connectivity index (χ1) is 9.24. The lowest BCUT2D eigenvalue weighted by molar-refractivity contribution is 0.632. The van der Waals surface area contributed by atoms with Crippen molar-refractivity contribution < 1.29 is 4.39 Å². The van der Waals surface area contributed by atoms with Gasteiger partial charge in [0.15, 0.2) is 5.13 Å². The number of rotatable bonds is 2. The van der Waals surface area contributed by atoms with Crippen molar-refractivity contribution in [2.45, 2.75) is 0 Å². The van der Waals surface area contributed by atoms with Crippen molar-refractivity contribution in [2.75, 3.05) is 5.32 Å². The van der Waals surface area contributed by atoms with Gasteiger partial charge in [0, 0.05) is 6.20 Å². The van der Waals surface area contributed by atoms with E-state index in [4.69, 9.17) is 0 Å². The van der Waals surface area contributed by atoms with Gasteiger partial charge in [-0.3, -0.25) is 4.79 Å². The second-order valence-corrected chi connectivity index (χ2v) is 4.76. The van der Waals surface area contributed by atoms with E-state index in [1.807, 2.05) is 0 Å². The Morgan fingerprint density at radius 2 is 2.00 bits per heavy atom. The molecule has 0 spiro atoms. The average Bonchev–Trinajstić information content (AvgIpc) is 2.42. The lowest BCUT2D eigenvalue weighted by atomic mass is 10.3. The monoisotopic (exact) mass is 273 g/mol. The van der Waals surface area contributed by atoms with E-state index in [0.717, 1.165) is 0 Å². The number of pyridine rings is 1. The molecule has 0 aliphatic carbocycles. The molecule has 94 valence electrons. The van der Waals surface area contributed by atoms with E-state index in [9.17, 15) is 9.18 Å². The van der Waals surface area contributed by atoms with E-state index in [0.29, 0.717) is 15.3 Å². The van der Waals surface area contributed by atoms with Crippen molar-refractivity contribution in [1.82, 2.24) is 9.97 Å². The average molecular weight is 273 g/mol. The van der Waals surface area contributed by atoms with Crippen LogP contribution in [0.4, 0.5) is 15.2 Å². The molecular weight excluding hydrogens is 265 g/mol. The highest BCUT2D eigenvalue weighted by molar-refractivity contribution is 7.21. The molecule has 0 bridgehead atoms. The van der Waals surface area contributed by atoms with Gasteiger partial charge < -0.3 is 5.32 Å². The van der Waals surface area contributed by atoms with Crippen LogP contribution in [0.5, 0.6) is 0 Å². The minimum Gasteiger partial charge on any atom is -0.329 e. The molecule has 0 amide bonds. The molecule has 0 fully saturated rings. The molecule has 19 heavy (non-hydrogen) atoms. The standard InChI is InChI=1S/C13H8FN3OS/c14-9-5-1-2-6-10(9)16-13-17-11(18)8-4-3-7-15-12(8)19-13/h1-7H,(H,16,17,18). The molecule has 1 aromatic carbocycles. The Morgan fingerprint density at radius 1 is 1.16 bits per heavy atom. The Labute approximate surface area is 111 Å². The maximum atomic E-state index is 13.5. The highest BCUT2D eigenvalue weighted by Crippen LogP contribution is 2.23. The summed E-state index contributed by atoms with van der Waals surface area (Å²) in [5, 5.41) is 3.58. The molecule has 2 heterocycles. The van der Waals surface area contributed by atoms with Gasteiger partial charge >= 0.3 is 0 Å². The summed E-state index contributed by atoms with van der Waals surface area (Å²) >= 11 is 1.20. The SMILES string of the molecule is O=c1nc(Nc2ccccc2F)sc2ncccc12. The molecule has 0 saturated carbocycles. The number of nitrogens with zero attached hydrogens (tertiary/aromatic N) is 2. The number of hydrogen-bond donors (Lipinski definition) is 1. The fourth-order valence-electron chi connectivity index (χ4n) is 1.63. The second kappa shape index (κ2) is 4.74. The summed E-state index contributed by atoms with van der Waals surface area (Å²) in [6, 6.07) is 9.57. The number of nitrogens with one attached hydrogen (secondary N) is 1. The summed E-state index contributed by atoms with van der Waals surface area (Å²) in [7, 11) is 0. The number of benzene rings is 1. The third-order valence-corrected chi connectivity index (χ3v) is 3.42. The van der Waals surface area contributed by atoms with Crippen LogP contribution < -0.4 is 10.9 Å². The number of aromatic nitrogens is 2. The Balaban J connectivity index is 2.07. The summed E-state index contributed by atoms with van der Waals surface area (Å²) < 4.78 is 13.5. The zero-order valence-corrected chi connectivity index (χ0v) is 10.4. The normalized spacial score (nSPS) is 10.6. The molecule has 3 rings (SSSR count). The van der Waals surface area contributed by atoms with Gasteiger partial charge in [-0.15, -0.1) is 0 Å². The van der Waals surface area contributed by atoms with Gasteiger partial charge in [0.2, 0.25) is 0 Å². The van der Waals surface area contributed by atoms with Gasteiger partial charge in [0.25, 0.3) is 5.56 Å². The van der Waals surface area contributed by atoms with Crippen LogP contribution in [0.25, 0.3) is 10.2 Å². The summed E-state index contributed by atoms with van der Waals surface area (Å²) in [5.41, 5.74) is -0.0957. The van der Waals surface area contributed by atoms with Crippen molar-refractivity contribution >= 4 is 32.4 Å². The zero-order chi connectivity index (χ0) is 13.2. The lowest BCUT2D eigenvalue weighted by Gasteiger charge is -2.05. The molecular formula is C13H8FN3OS. The van der Waals surface area contributed by atoms with Crippen LogP contribution in [0.3, 0.4) is 0 Å². The smallest absolute Gasteiger partial charge is 0.282 e. The first kappa shape index (κ1) is 11.7. The van der Waals surface area contributed by atoms with Crippen LogP contribution >= 0.6 is 11.3 Å². The van der Waals surface area contributed by atoms with Gasteiger partial charge in [-0.2, -0.15) is 4.98 Å². The van der Waals surface area contributed by atoms with Gasteiger partial charge in [-0.25, -0.2) is 9.37 Å². The lowest BCUT2D eigenvalue weighted by Crippen LogP contribution is -2.08. The van der Waals surface area contributed by atoms with Crippen LogP contribution in [-0.4, -0.2) is 9.97 Å². The maximum absolute atomic E-state index is 13.5. The first-order valence-corrected chi connectivity index (χ1v) is 6.33. The van der Waals surface area contributed by atoms with E-state index < -0.39 is 5.82 Å². The van der Waals surface area contributed by atoms with E-state index in [1.54, 1.807) is 36.5 Å². The number of hydrogen-bond acceptors (Lipinski definition) is 5. The van der Waals surface area contributed by atoms with Gasteiger partial charge in [0.1, 0.15) is 10.6 Å². The molecule has 0 aliphatic rings. The molecule has 2 aromatic heterocycles. The minimum absolute atomic E-state index is 0.279. The van der Waals surface area contributed by atoms with Crippen LogP contribution in [-0.2, 0) is 0 Å². The van der Waals surface area contributed by atoms with Crippen LogP contribution in [0.1, 0.15) is 0 Å². The predicted molar refractivity (Wildman–Crippen MR) is 73.4 cm³/mol. The Hall–Kier alpha value is -2.34. The van der Waals surface area contributed by atoms with E-state index in [2.05, 4.69) is 15.3 Å². The fraction of sp³-hybridized carbons (Fsp3) is 0. The topological polar surface area (TPSA) is 54.9 Å². The zero-order valence-electron chi connectivity index (χ0n) is 9.63. The quantitative estimate of drug-likeness (QED) is 0.780.